The van der Waals surface area contributed by atoms with Gasteiger partial charge in [-0.1, -0.05) is 28.1 Å². The largest absolute Gasteiger partial charge is 0.243 e. The van der Waals surface area contributed by atoms with Gasteiger partial charge in [0.25, 0.3) is 0 Å². The lowest BCUT2D eigenvalue weighted by molar-refractivity contribution is 0.401. The van der Waals surface area contributed by atoms with Crippen molar-refractivity contribution >= 4 is 37.3 Å². The van der Waals surface area contributed by atoms with Gasteiger partial charge in [0, 0.05) is 15.9 Å². The molecule has 1 atom stereocenters. The van der Waals surface area contributed by atoms with Gasteiger partial charge in [0.1, 0.15) is 0 Å². The summed E-state index contributed by atoms with van der Waals surface area (Å²) in [4.78, 5) is 1.48. The highest BCUT2D eigenvalue weighted by Gasteiger charge is 2.36. The molecule has 0 unspecified atom stereocenters. The predicted molar refractivity (Wildman–Crippen MR) is 84.3 cm³/mol. The molecule has 1 aromatic heterocycles. The van der Waals surface area contributed by atoms with Gasteiger partial charge in [-0.3, -0.25) is 0 Å². The molecule has 106 valence electrons. The Morgan fingerprint density at radius 1 is 1.25 bits per heavy atom. The number of halogens is 1. The van der Waals surface area contributed by atoms with Crippen LogP contribution in [-0.2, 0) is 10.0 Å². The molecule has 1 aromatic carbocycles. The van der Waals surface area contributed by atoms with E-state index >= 15 is 0 Å². The number of sulfonamides is 1. The Labute approximate surface area is 131 Å². The summed E-state index contributed by atoms with van der Waals surface area (Å²) < 4.78 is 28.0. The molecule has 1 aliphatic heterocycles. The number of benzene rings is 1. The van der Waals surface area contributed by atoms with E-state index in [-0.39, 0.29) is 6.04 Å². The van der Waals surface area contributed by atoms with E-state index in [4.69, 9.17) is 0 Å². The molecule has 2 heterocycles. The third kappa shape index (κ3) is 2.57. The van der Waals surface area contributed by atoms with Crippen molar-refractivity contribution in [3.63, 3.8) is 0 Å². The Hall–Kier alpha value is -0.690. The second-order valence-corrected chi connectivity index (χ2v) is 8.53. The van der Waals surface area contributed by atoms with Crippen LogP contribution in [0.2, 0.25) is 0 Å². The summed E-state index contributed by atoms with van der Waals surface area (Å²) in [6.07, 6.45) is 1.81. The summed E-state index contributed by atoms with van der Waals surface area (Å²) in [5.74, 6) is 0. The third-order valence-electron chi connectivity index (χ3n) is 3.48. The lowest BCUT2D eigenvalue weighted by atomic mass is 10.2. The molecule has 0 amide bonds. The van der Waals surface area contributed by atoms with Crippen molar-refractivity contribution in [3.05, 3.63) is 51.1 Å². The van der Waals surface area contributed by atoms with Crippen LogP contribution in [0, 0.1) is 0 Å². The molecular formula is C14H14BrNO2S2. The van der Waals surface area contributed by atoms with Crippen molar-refractivity contribution in [2.75, 3.05) is 6.54 Å². The number of nitrogens with zero attached hydrogens (tertiary/aromatic N) is 1. The van der Waals surface area contributed by atoms with Crippen LogP contribution in [0.5, 0.6) is 0 Å². The summed E-state index contributed by atoms with van der Waals surface area (Å²) in [7, 11) is -3.43. The Kier molecular flexibility index (Phi) is 3.99. The Balaban J connectivity index is 1.98. The van der Waals surface area contributed by atoms with Crippen LogP contribution in [0.25, 0.3) is 0 Å². The molecule has 3 rings (SSSR count). The highest BCUT2D eigenvalue weighted by atomic mass is 79.9. The first kappa shape index (κ1) is 14.3. The van der Waals surface area contributed by atoms with Crippen LogP contribution in [0.15, 0.2) is 51.1 Å². The number of thiophene rings is 1. The van der Waals surface area contributed by atoms with Crippen LogP contribution in [0.4, 0.5) is 0 Å². The van der Waals surface area contributed by atoms with Gasteiger partial charge in [0.2, 0.25) is 10.0 Å². The van der Waals surface area contributed by atoms with E-state index in [0.29, 0.717) is 11.4 Å². The highest BCUT2D eigenvalue weighted by molar-refractivity contribution is 9.10. The quantitative estimate of drug-likeness (QED) is 0.816. The first-order valence-electron chi connectivity index (χ1n) is 6.40. The first-order valence-corrected chi connectivity index (χ1v) is 9.51. The standard InChI is InChI=1S/C14H14BrNO2S2/c15-11-4-1-5-12(10-11)20(17,18)16-8-2-6-13(16)14-7-3-9-19-14/h1,3-5,7,9-10,13H,2,6,8H2/t13-/m1/s1. The lowest BCUT2D eigenvalue weighted by Crippen LogP contribution is -2.30. The van der Waals surface area contributed by atoms with Crippen molar-refractivity contribution in [1.29, 1.82) is 0 Å². The summed E-state index contributed by atoms with van der Waals surface area (Å²) in [6, 6.07) is 10.9. The number of rotatable bonds is 3. The summed E-state index contributed by atoms with van der Waals surface area (Å²) >= 11 is 4.96. The van der Waals surface area contributed by atoms with E-state index in [1.807, 2.05) is 23.6 Å². The predicted octanol–water partition coefficient (Wildman–Crippen LogP) is 4.04. The summed E-state index contributed by atoms with van der Waals surface area (Å²) in [5.41, 5.74) is 0. The van der Waals surface area contributed by atoms with Crippen LogP contribution >= 0.6 is 27.3 Å². The average Bonchev–Trinajstić information content (AvgIpc) is 3.09. The molecule has 6 heteroatoms. The van der Waals surface area contributed by atoms with Gasteiger partial charge < -0.3 is 0 Å². The van der Waals surface area contributed by atoms with Crippen molar-refractivity contribution in [1.82, 2.24) is 4.31 Å². The zero-order valence-electron chi connectivity index (χ0n) is 10.7. The molecule has 1 saturated heterocycles. The van der Waals surface area contributed by atoms with Gasteiger partial charge in [0.05, 0.1) is 10.9 Å². The fourth-order valence-electron chi connectivity index (χ4n) is 2.56. The topological polar surface area (TPSA) is 37.4 Å². The van der Waals surface area contributed by atoms with Gasteiger partial charge in [0.15, 0.2) is 0 Å². The van der Waals surface area contributed by atoms with E-state index in [9.17, 15) is 8.42 Å². The molecule has 0 spiro atoms. The van der Waals surface area contributed by atoms with Crippen LogP contribution in [0.3, 0.4) is 0 Å². The molecule has 20 heavy (non-hydrogen) atoms. The smallest absolute Gasteiger partial charge is 0.207 e. The molecule has 1 aliphatic rings. The van der Waals surface area contributed by atoms with Crippen molar-refractivity contribution in [2.45, 2.75) is 23.8 Å². The maximum atomic E-state index is 12.8. The monoisotopic (exact) mass is 371 g/mol. The normalized spacial score (nSPS) is 20.4. The van der Waals surface area contributed by atoms with Gasteiger partial charge in [-0.2, -0.15) is 4.31 Å². The Morgan fingerprint density at radius 3 is 2.80 bits per heavy atom. The Morgan fingerprint density at radius 2 is 2.10 bits per heavy atom. The minimum atomic E-state index is -3.43. The van der Waals surface area contributed by atoms with E-state index in [1.165, 1.54) is 0 Å². The number of hydrogen-bond acceptors (Lipinski definition) is 3. The van der Waals surface area contributed by atoms with Crippen molar-refractivity contribution in [2.24, 2.45) is 0 Å². The molecule has 0 bridgehead atoms. The van der Waals surface area contributed by atoms with E-state index in [1.54, 1.807) is 33.8 Å². The molecule has 0 N–H and O–H groups in total. The summed E-state index contributed by atoms with van der Waals surface area (Å²) in [6.45, 7) is 0.595. The van der Waals surface area contributed by atoms with E-state index in [2.05, 4.69) is 15.9 Å². The molecule has 3 nitrogen and oxygen atoms in total. The van der Waals surface area contributed by atoms with Crippen molar-refractivity contribution in [3.8, 4) is 0 Å². The molecule has 0 radical (unpaired) electrons. The van der Waals surface area contributed by atoms with Crippen LogP contribution in [-0.4, -0.2) is 19.3 Å². The minimum Gasteiger partial charge on any atom is -0.207 e. The third-order valence-corrected chi connectivity index (χ3v) is 6.85. The van der Waals surface area contributed by atoms with Gasteiger partial charge in [-0.25, -0.2) is 8.42 Å². The SMILES string of the molecule is O=S(=O)(c1cccc(Br)c1)N1CCC[C@@H]1c1cccs1. The summed E-state index contributed by atoms with van der Waals surface area (Å²) in [5, 5.41) is 2.00. The number of hydrogen-bond donors (Lipinski definition) is 0. The van der Waals surface area contributed by atoms with Gasteiger partial charge >= 0.3 is 0 Å². The lowest BCUT2D eigenvalue weighted by Gasteiger charge is -2.23. The molecular weight excluding hydrogens is 358 g/mol. The molecule has 0 aliphatic carbocycles. The molecule has 0 saturated carbocycles. The molecule has 1 fully saturated rings. The zero-order valence-corrected chi connectivity index (χ0v) is 13.9. The first-order chi connectivity index (χ1) is 9.59. The fourth-order valence-corrected chi connectivity index (χ4v) is 5.77. The second kappa shape index (κ2) is 5.60. The zero-order chi connectivity index (χ0) is 14.2. The van der Waals surface area contributed by atoms with Crippen LogP contribution < -0.4 is 0 Å². The van der Waals surface area contributed by atoms with Crippen molar-refractivity contribution < 1.29 is 8.42 Å². The minimum absolute atomic E-state index is 0.0148. The highest BCUT2D eigenvalue weighted by Crippen LogP contribution is 2.38. The van der Waals surface area contributed by atoms with Gasteiger partial charge in [-0.05, 0) is 42.5 Å². The molecule has 2 aromatic rings. The average molecular weight is 372 g/mol. The fraction of sp³-hybridized carbons (Fsp3) is 0.286. The Bertz CT molecular complexity index is 698. The van der Waals surface area contributed by atoms with E-state index in [0.717, 1.165) is 22.2 Å². The van der Waals surface area contributed by atoms with Gasteiger partial charge in [-0.15, -0.1) is 11.3 Å². The second-order valence-electron chi connectivity index (χ2n) is 4.75. The van der Waals surface area contributed by atoms with Crippen LogP contribution in [0.1, 0.15) is 23.8 Å². The maximum Gasteiger partial charge on any atom is 0.243 e. The van der Waals surface area contributed by atoms with E-state index < -0.39 is 10.0 Å². The maximum absolute atomic E-state index is 12.8.